The van der Waals surface area contributed by atoms with Gasteiger partial charge in [0.1, 0.15) is 12.6 Å². The highest BCUT2D eigenvalue weighted by Crippen LogP contribution is 2.19. The summed E-state index contributed by atoms with van der Waals surface area (Å²) < 4.78 is 0. The fourth-order valence-corrected chi connectivity index (χ4v) is 1.50. The molecule has 0 bridgehead atoms. The molecular weight excluding hydrogens is 262 g/mol. The number of hydrogen-bond acceptors (Lipinski definition) is 3. The third-order valence-electron chi connectivity index (χ3n) is 2.87. The number of nitrogens with one attached hydrogen (secondary N) is 1. The molecule has 0 aromatic heterocycles. The van der Waals surface area contributed by atoms with Gasteiger partial charge in [-0.3, -0.25) is 4.79 Å². The van der Waals surface area contributed by atoms with Gasteiger partial charge < -0.3 is 20.2 Å². The van der Waals surface area contributed by atoms with Crippen molar-refractivity contribution in [2.24, 2.45) is 5.41 Å². The zero-order valence-electron chi connectivity index (χ0n) is 13.1. The Hall–Kier alpha value is -1.79. The van der Waals surface area contributed by atoms with Crippen molar-refractivity contribution in [3.8, 4) is 0 Å². The second kappa shape index (κ2) is 7.12. The lowest BCUT2D eigenvalue weighted by Crippen LogP contribution is -2.54. The van der Waals surface area contributed by atoms with Gasteiger partial charge in [-0.25, -0.2) is 9.59 Å². The van der Waals surface area contributed by atoms with E-state index in [-0.39, 0.29) is 12.5 Å². The van der Waals surface area contributed by atoms with Crippen LogP contribution in [0.3, 0.4) is 0 Å². The first kappa shape index (κ1) is 18.2. The summed E-state index contributed by atoms with van der Waals surface area (Å²) >= 11 is 0. The molecule has 0 aromatic carbocycles. The van der Waals surface area contributed by atoms with Crippen LogP contribution in [-0.2, 0) is 9.59 Å². The van der Waals surface area contributed by atoms with Crippen molar-refractivity contribution in [3.63, 3.8) is 0 Å². The fourth-order valence-electron chi connectivity index (χ4n) is 1.50. The number of aliphatic carboxylic acids is 1. The zero-order valence-corrected chi connectivity index (χ0v) is 13.1. The molecule has 0 rings (SSSR count). The Morgan fingerprint density at radius 2 is 1.70 bits per heavy atom. The van der Waals surface area contributed by atoms with Crippen LogP contribution in [0.25, 0.3) is 0 Å². The van der Waals surface area contributed by atoms with E-state index in [1.807, 2.05) is 0 Å². The summed E-state index contributed by atoms with van der Waals surface area (Å²) in [6.07, 6.45) is 0. The lowest BCUT2D eigenvalue weighted by Gasteiger charge is -2.30. The molecule has 0 saturated carbocycles. The minimum Gasteiger partial charge on any atom is -0.480 e. The maximum absolute atomic E-state index is 12.1. The van der Waals surface area contributed by atoms with Crippen molar-refractivity contribution in [2.45, 2.75) is 33.7 Å². The van der Waals surface area contributed by atoms with E-state index in [0.717, 1.165) is 0 Å². The van der Waals surface area contributed by atoms with Crippen LogP contribution in [0.1, 0.15) is 27.7 Å². The van der Waals surface area contributed by atoms with Gasteiger partial charge in [-0.2, -0.15) is 0 Å². The minimum atomic E-state index is -1.10. The predicted octanol–water partition coefficient (Wildman–Crippen LogP) is 0.605. The maximum atomic E-state index is 12.1. The van der Waals surface area contributed by atoms with Crippen LogP contribution in [0, 0.1) is 5.41 Å². The molecule has 0 aliphatic rings. The number of carboxylic acids is 1. The third kappa shape index (κ3) is 5.46. The van der Waals surface area contributed by atoms with Gasteiger partial charge in [-0.05, 0) is 12.3 Å². The van der Waals surface area contributed by atoms with Gasteiger partial charge in [0, 0.05) is 20.6 Å². The molecule has 1 atom stereocenters. The van der Waals surface area contributed by atoms with E-state index in [0.29, 0.717) is 6.54 Å². The van der Waals surface area contributed by atoms with E-state index < -0.39 is 23.5 Å². The van der Waals surface area contributed by atoms with Crippen LogP contribution in [0.2, 0.25) is 0 Å². The summed E-state index contributed by atoms with van der Waals surface area (Å²) in [4.78, 5) is 37.6. The number of rotatable bonds is 5. The Morgan fingerprint density at radius 3 is 2.00 bits per heavy atom. The second-order valence-corrected chi connectivity index (χ2v) is 5.89. The van der Waals surface area contributed by atoms with E-state index in [1.165, 1.54) is 9.80 Å². The Morgan fingerprint density at radius 1 is 1.20 bits per heavy atom. The largest absolute Gasteiger partial charge is 0.480 e. The molecular formula is C13H25N3O4. The van der Waals surface area contributed by atoms with E-state index >= 15 is 0 Å². The molecule has 0 aliphatic carbocycles. The molecule has 0 fully saturated rings. The lowest BCUT2D eigenvalue weighted by molar-refractivity contribution is -0.142. The smallest absolute Gasteiger partial charge is 0.326 e. The standard InChI is InChI=1S/C13H25N3O4/c1-7-16(8-9(17)15(5)6)12(20)14-10(11(18)19)13(2,3)4/h10H,7-8H2,1-6H3,(H,14,20)(H,18,19). The van der Waals surface area contributed by atoms with Gasteiger partial charge in [0.2, 0.25) is 5.91 Å². The van der Waals surface area contributed by atoms with Crippen LogP contribution < -0.4 is 5.32 Å². The van der Waals surface area contributed by atoms with Crippen molar-refractivity contribution in [1.82, 2.24) is 15.1 Å². The molecule has 1 unspecified atom stereocenters. The molecule has 0 aromatic rings. The van der Waals surface area contributed by atoms with Crippen LogP contribution in [0.5, 0.6) is 0 Å². The highest BCUT2D eigenvalue weighted by Gasteiger charge is 2.33. The molecule has 0 radical (unpaired) electrons. The van der Waals surface area contributed by atoms with Gasteiger partial charge in [0.15, 0.2) is 0 Å². The van der Waals surface area contributed by atoms with Gasteiger partial charge >= 0.3 is 12.0 Å². The van der Waals surface area contributed by atoms with Crippen LogP contribution >= 0.6 is 0 Å². The second-order valence-electron chi connectivity index (χ2n) is 5.89. The van der Waals surface area contributed by atoms with Crippen molar-refractivity contribution in [1.29, 1.82) is 0 Å². The summed E-state index contributed by atoms with van der Waals surface area (Å²) in [5.41, 5.74) is -0.619. The molecule has 0 aliphatic heterocycles. The Labute approximate surface area is 119 Å². The van der Waals surface area contributed by atoms with Crippen molar-refractivity contribution in [2.75, 3.05) is 27.2 Å². The lowest BCUT2D eigenvalue weighted by atomic mass is 9.87. The summed E-state index contributed by atoms with van der Waals surface area (Å²) in [6, 6.07) is -1.57. The maximum Gasteiger partial charge on any atom is 0.326 e. The van der Waals surface area contributed by atoms with Gasteiger partial charge in [-0.15, -0.1) is 0 Å². The van der Waals surface area contributed by atoms with Crippen molar-refractivity contribution >= 4 is 17.9 Å². The Kier molecular flexibility index (Phi) is 6.48. The fraction of sp³-hybridized carbons (Fsp3) is 0.769. The highest BCUT2D eigenvalue weighted by molar-refractivity contribution is 5.86. The van der Waals surface area contributed by atoms with Crippen molar-refractivity contribution in [3.05, 3.63) is 0 Å². The first-order valence-electron chi connectivity index (χ1n) is 6.49. The number of carboxylic acid groups (broad SMARTS) is 1. The van der Waals surface area contributed by atoms with Gasteiger partial charge in [0.25, 0.3) is 0 Å². The number of hydrogen-bond donors (Lipinski definition) is 2. The molecule has 20 heavy (non-hydrogen) atoms. The highest BCUT2D eigenvalue weighted by atomic mass is 16.4. The average molecular weight is 287 g/mol. The molecule has 116 valence electrons. The van der Waals surface area contributed by atoms with Crippen LogP contribution in [0.4, 0.5) is 4.79 Å². The topological polar surface area (TPSA) is 90.0 Å². The average Bonchev–Trinajstić information content (AvgIpc) is 2.30. The number of nitrogens with zero attached hydrogens (tertiary/aromatic N) is 2. The van der Waals surface area contributed by atoms with Gasteiger partial charge in [0.05, 0.1) is 0 Å². The van der Waals surface area contributed by atoms with E-state index in [2.05, 4.69) is 5.32 Å². The molecule has 7 nitrogen and oxygen atoms in total. The summed E-state index contributed by atoms with van der Waals surface area (Å²) in [7, 11) is 3.20. The number of carbonyl (C=O) groups excluding carboxylic acids is 2. The molecule has 0 heterocycles. The molecule has 7 heteroatoms. The number of likely N-dealkylation sites (N-methyl/N-ethyl adjacent to an activating group) is 2. The third-order valence-corrected chi connectivity index (χ3v) is 2.87. The summed E-state index contributed by atoms with van der Waals surface area (Å²) in [5.74, 6) is -1.31. The Balaban J connectivity index is 4.85. The van der Waals surface area contributed by atoms with E-state index in [4.69, 9.17) is 0 Å². The molecule has 2 N–H and O–H groups in total. The number of amides is 3. The van der Waals surface area contributed by atoms with E-state index in [9.17, 15) is 19.5 Å². The Bertz CT molecular complexity index is 374. The van der Waals surface area contributed by atoms with Gasteiger partial charge in [-0.1, -0.05) is 20.8 Å². The first-order valence-corrected chi connectivity index (χ1v) is 6.49. The molecule has 3 amide bonds. The summed E-state index contributed by atoms with van der Waals surface area (Å²) in [6.45, 7) is 7.16. The quantitative estimate of drug-likeness (QED) is 0.775. The number of carbonyl (C=O) groups is 3. The normalized spacial score (nSPS) is 12.5. The monoisotopic (exact) mass is 287 g/mol. The zero-order chi connectivity index (χ0) is 16.1. The summed E-state index contributed by atoms with van der Waals surface area (Å²) in [5, 5.41) is 11.6. The SMILES string of the molecule is CCN(CC(=O)N(C)C)C(=O)NC(C(=O)O)C(C)(C)C. The van der Waals surface area contributed by atoms with E-state index in [1.54, 1.807) is 41.8 Å². The molecule has 0 saturated heterocycles. The van der Waals surface area contributed by atoms with Crippen LogP contribution in [-0.4, -0.2) is 66.0 Å². The minimum absolute atomic E-state index is 0.0776. The number of urea groups is 1. The van der Waals surface area contributed by atoms with Crippen molar-refractivity contribution < 1.29 is 19.5 Å². The van der Waals surface area contributed by atoms with Crippen LogP contribution in [0.15, 0.2) is 0 Å². The molecule has 0 spiro atoms. The first-order chi connectivity index (χ1) is 9.00. The predicted molar refractivity (Wildman–Crippen MR) is 75.4 cm³/mol.